The Morgan fingerprint density at radius 2 is 2.11 bits per heavy atom. The van der Waals surface area contributed by atoms with E-state index in [-0.39, 0.29) is 0 Å². The van der Waals surface area contributed by atoms with Crippen LogP contribution in [0.3, 0.4) is 0 Å². The summed E-state index contributed by atoms with van der Waals surface area (Å²) in [5, 5.41) is 5.54. The number of hydrogen-bond acceptors (Lipinski definition) is 4. The monoisotopic (exact) mass is 262 g/mol. The van der Waals surface area contributed by atoms with Crippen LogP contribution in [0.25, 0.3) is 0 Å². The van der Waals surface area contributed by atoms with E-state index < -0.39 is 0 Å². The summed E-state index contributed by atoms with van der Waals surface area (Å²) in [5.74, 6) is 0.867. The normalized spacial score (nSPS) is 10.6. The van der Waals surface area contributed by atoms with Crippen molar-refractivity contribution >= 4 is 11.3 Å². The molecule has 0 aromatic carbocycles. The van der Waals surface area contributed by atoms with E-state index in [2.05, 4.69) is 28.7 Å². The van der Waals surface area contributed by atoms with E-state index in [1.807, 2.05) is 19.1 Å². The number of aryl methyl sites for hydroxylation is 2. The van der Waals surface area contributed by atoms with Crippen molar-refractivity contribution in [1.82, 2.24) is 10.3 Å². The average molecular weight is 262 g/mol. The summed E-state index contributed by atoms with van der Waals surface area (Å²) in [6, 6.07) is 6.06. The summed E-state index contributed by atoms with van der Waals surface area (Å²) in [4.78, 5) is 5.87. The van der Waals surface area contributed by atoms with Gasteiger partial charge in [0, 0.05) is 35.8 Å². The maximum absolute atomic E-state index is 5.24. The molecule has 0 radical (unpaired) electrons. The van der Waals surface area contributed by atoms with Crippen LogP contribution >= 0.6 is 11.3 Å². The first-order valence-electron chi connectivity index (χ1n) is 5.94. The predicted molar refractivity (Wildman–Crippen MR) is 75.1 cm³/mol. The van der Waals surface area contributed by atoms with E-state index in [1.54, 1.807) is 18.4 Å². The first-order chi connectivity index (χ1) is 8.69. The Hall–Kier alpha value is -1.39. The molecule has 2 rings (SSSR count). The number of nitrogens with one attached hydrogen (secondary N) is 1. The maximum Gasteiger partial charge on any atom is 0.122 e. The molecule has 0 saturated carbocycles. The third-order valence-electron chi connectivity index (χ3n) is 2.78. The lowest BCUT2D eigenvalue weighted by atomic mass is 10.2. The highest BCUT2D eigenvalue weighted by atomic mass is 32.1. The summed E-state index contributed by atoms with van der Waals surface area (Å²) >= 11 is 1.79. The van der Waals surface area contributed by atoms with Crippen LogP contribution in [-0.2, 0) is 13.1 Å². The van der Waals surface area contributed by atoms with Gasteiger partial charge in [-0.2, -0.15) is 0 Å². The van der Waals surface area contributed by atoms with Gasteiger partial charge in [-0.1, -0.05) is 0 Å². The highest BCUT2D eigenvalue weighted by Crippen LogP contribution is 2.16. The van der Waals surface area contributed by atoms with Gasteiger partial charge in [0.2, 0.25) is 0 Å². The molecule has 0 unspecified atom stereocenters. The van der Waals surface area contributed by atoms with Gasteiger partial charge in [-0.15, -0.1) is 11.3 Å². The van der Waals surface area contributed by atoms with Crippen molar-refractivity contribution in [2.45, 2.75) is 26.9 Å². The highest BCUT2D eigenvalue weighted by molar-refractivity contribution is 7.10. The van der Waals surface area contributed by atoms with Gasteiger partial charge in [0.05, 0.1) is 12.8 Å². The fraction of sp³-hybridized carbons (Fsp3) is 0.357. The number of ether oxygens (including phenoxy) is 1. The average Bonchev–Trinajstić information content (AvgIpc) is 2.74. The largest absolute Gasteiger partial charge is 0.497 e. The second-order valence-corrected chi connectivity index (χ2v) is 5.27. The molecule has 4 heteroatoms. The van der Waals surface area contributed by atoms with Gasteiger partial charge in [0.25, 0.3) is 0 Å². The summed E-state index contributed by atoms with van der Waals surface area (Å²) in [7, 11) is 1.68. The van der Waals surface area contributed by atoms with Gasteiger partial charge in [0.15, 0.2) is 0 Å². The molecule has 0 spiro atoms. The summed E-state index contributed by atoms with van der Waals surface area (Å²) < 4.78 is 5.24. The quantitative estimate of drug-likeness (QED) is 0.899. The van der Waals surface area contributed by atoms with Gasteiger partial charge in [-0.05, 0) is 30.9 Å². The zero-order chi connectivity index (χ0) is 13.0. The van der Waals surface area contributed by atoms with Crippen LogP contribution in [0.5, 0.6) is 5.75 Å². The van der Waals surface area contributed by atoms with Gasteiger partial charge in [0.1, 0.15) is 5.75 Å². The van der Waals surface area contributed by atoms with Crippen molar-refractivity contribution in [3.05, 3.63) is 45.4 Å². The van der Waals surface area contributed by atoms with Gasteiger partial charge >= 0.3 is 0 Å². The lowest BCUT2D eigenvalue weighted by molar-refractivity contribution is 0.412. The molecule has 0 amide bonds. The van der Waals surface area contributed by atoms with E-state index in [0.29, 0.717) is 0 Å². The van der Waals surface area contributed by atoms with Crippen molar-refractivity contribution in [3.8, 4) is 5.75 Å². The Morgan fingerprint density at radius 1 is 1.28 bits per heavy atom. The Labute approximate surface area is 112 Å². The number of nitrogens with zero attached hydrogens (tertiary/aromatic N) is 1. The lowest BCUT2D eigenvalue weighted by Crippen LogP contribution is -2.13. The van der Waals surface area contributed by atoms with Crippen LogP contribution in [-0.4, -0.2) is 12.1 Å². The van der Waals surface area contributed by atoms with E-state index in [0.717, 1.165) is 30.2 Å². The van der Waals surface area contributed by atoms with Crippen molar-refractivity contribution in [2.24, 2.45) is 0 Å². The van der Waals surface area contributed by atoms with E-state index in [4.69, 9.17) is 4.74 Å². The molecule has 0 aliphatic carbocycles. The second kappa shape index (κ2) is 5.98. The number of thiophene rings is 1. The molecule has 0 fully saturated rings. The molecule has 2 aromatic rings. The zero-order valence-corrected chi connectivity index (χ0v) is 11.8. The summed E-state index contributed by atoms with van der Waals surface area (Å²) in [6.45, 7) is 5.77. The molecular weight excluding hydrogens is 244 g/mol. The van der Waals surface area contributed by atoms with E-state index in [1.165, 1.54) is 10.4 Å². The molecule has 18 heavy (non-hydrogen) atoms. The van der Waals surface area contributed by atoms with Crippen LogP contribution in [0.4, 0.5) is 0 Å². The van der Waals surface area contributed by atoms with Gasteiger partial charge in [-0.25, -0.2) is 0 Å². The number of methoxy groups -OCH3 is 1. The van der Waals surface area contributed by atoms with Crippen molar-refractivity contribution in [3.63, 3.8) is 0 Å². The Morgan fingerprint density at radius 3 is 2.78 bits per heavy atom. The lowest BCUT2D eigenvalue weighted by Gasteiger charge is -2.07. The molecule has 3 nitrogen and oxygen atoms in total. The first-order valence-corrected chi connectivity index (χ1v) is 6.82. The summed E-state index contributed by atoms with van der Waals surface area (Å²) in [5.41, 5.74) is 3.35. The van der Waals surface area contributed by atoms with Crippen LogP contribution in [0.15, 0.2) is 23.6 Å². The minimum atomic E-state index is 0.759. The number of rotatable bonds is 5. The van der Waals surface area contributed by atoms with Crippen LogP contribution in [0.2, 0.25) is 0 Å². The van der Waals surface area contributed by atoms with Crippen LogP contribution in [0, 0.1) is 13.8 Å². The highest BCUT2D eigenvalue weighted by Gasteiger charge is 2.02. The Kier molecular flexibility index (Phi) is 4.33. The maximum atomic E-state index is 5.24. The molecule has 1 N–H and O–H groups in total. The molecule has 0 aliphatic heterocycles. The minimum Gasteiger partial charge on any atom is -0.497 e. The van der Waals surface area contributed by atoms with Gasteiger partial charge in [-0.3, -0.25) is 4.98 Å². The number of hydrogen-bond donors (Lipinski definition) is 1. The predicted octanol–water partition coefficient (Wildman–Crippen LogP) is 3.06. The van der Waals surface area contributed by atoms with Crippen molar-refractivity contribution in [1.29, 1.82) is 0 Å². The van der Waals surface area contributed by atoms with E-state index in [9.17, 15) is 0 Å². The number of aromatic nitrogens is 1. The van der Waals surface area contributed by atoms with E-state index >= 15 is 0 Å². The Bertz CT molecular complexity index is 522. The van der Waals surface area contributed by atoms with Crippen LogP contribution < -0.4 is 10.1 Å². The van der Waals surface area contributed by atoms with Gasteiger partial charge < -0.3 is 10.1 Å². The summed E-state index contributed by atoms with van der Waals surface area (Å²) in [6.07, 6.45) is 0. The molecule has 0 aliphatic rings. The molecular formula is C14H18N2OS. The third kappa shape index (κ3) is 3.31. The minimum absolute atomic E-state index is 0.759. The third-order valence-corrected chi connectivity index (χ3v) is 3.80. The van der Waals surface area contributed by atoms with Crippen molar-refractivity contribution in [2.75, 3.05) is 7.11 Å². The molecule has 96 valence electrons. The smallest absolute Gasteiger partial charge is 0.122 e. The topological polar surface area (TPSA) is 34.1 Å². The fourth-order valence-electron chi connectivity index (χ4n) is 1.80. The molecule has 2 aromatic heterocycles. The molecule has 0 saturated heterocycles. The fourth-order valence-corrected chi connectivity index (χ4v) is 2.68. The first kappa shape index (κ1) is 13.1. The molecule has 2 heterocycles. The number of pyridine rings is 1. The second-order valence-electron chi connectivity index (χ2n) is 4.27. The molecule has 0 atom stereocenters. The van der Waals surface area contributed by atoms with Crippen LogP contribution in [0.1, 0.15) is 21.8 Å². The zero-order valence-electron chi connectivity index (χ0n) is 11.0. The van der Waals surface area contributed by atoms with Crippen molar-refractivity contribution < 1.29 is 4.74 Å². The SMILES string of the molecule is COc1cc(C)nc(CNCc2sccc2C)c1. The molecule has 0 bridgehead atoms. The Balaban J connectivity index is 1.94. The standard InChI is InChI=1S/C14H18N2OS/c1-10-4-5-18-14(10)9-15-8-12-7-13(17-3)6-11(2)16-12/h4-7,15H,8-9H2,1-3H3.